The van der Waals surface area contributed by atoms with E-state index in [1.807, 2.05) is 6.92 Å². The smallest absolute Gasteiger partial charge is 0.172 e. The van der Waals surface area contributed by atoms with Crippen LogP contribution < -0.4 is 10.6 Å². The highest BCUT2D eigenvalue weighted by molar-refractivity contribution is 6.02. The van der Waals surface area contributed by atoms with Crippen molar-refractivity contribution in [2.45, 2.75) is 19.9 Å². The number of hydrogen-bond acceptors (Lipinski definition) is 5. The Kier molecular flexibility index (Phi) is 5.38. The standard InChI is InChI=1S/C12H20N4O2/c1-4-16(9(2)8-18-3)11-7-14-6-5-10(11)12(13)15-17/h5-7,9,17H,4,8H2,1-3H3,(H2,13,15). The molecule has 1 rings (SSSR count). The highest BCUT2D eigenvalue weighted by Crippen LogP contribution is 2.21. The fourth-order valence-electron chi connectivity index (χ4n) is 1.94. The van der Waals surface area contributed by atoms with E-state index < -0.39 is 0 Å². The van der Waals surface area contributed by atoms with Gasteiger partial charge >= 0.3 is 0 Å². The summed E-state index contributed by atoms with van der Waals surface area (Å²) in [4.78, 5) is 6.20. The van der Waals surface area contributed by atoms with E-state index >= 15 is 0 Å². The lowest BCUT2D eigenvalue weighted by Gasteiger charge is -2.30. The van der Waals surface area contributed by atoms with Crippen molar-refractivity contribution >= 4 is 11.5 Å². The van der Waals surface area contributed by atoms with Gasteiger partial charge in [0.1, 0.15) is 0 Å². The number of methoxy groups -OCH3 is 1. The van der Waals surface area contributed by atoms with Gasteiger partial charge in [0, 0.05) is 31.5 Å². The Labute approximate surface area is 107 Å². The molecule has 3 N–H and O–H groups in total. The average molecular weight is 252 g/mol. The number of nitrogens with zero attached hydrogens (tertiary/aromatic N) is 3. The number of rotatable bonds is 6. The van der Waals surface area contributed by atoms with E-state index in [1.54, 1.807) is 25.6 Å². The maximum Gasteiger partial charge on any atom is 0.172 e. The van der Waals surface area contributed by atoms with Crippen molar-refractivity contribution in [2.24, 2.45) is 10.9 Å². The van der Waals surface area contributed by atoms with Gasteiger partial charge in [0.05, 0.1) is 18.5 Å². The highest BCUT2D eigenvalue weighted by atomic mass is 16.5. The molecule has 0 aromatic carbocycles. The second kappa shape index (κ2) is 6.80. The van der Waals surface area contributed by atoms with Crippen LogP contribution in [0.15, 0.2) is 23.6 Å². The van der Waals surface area contributed by atoms with E-state index in [2.05, 4.69) is 22.0 Å². The second-order valence-electron chi connectivity index (χ2n) is 3.97. The Morgan fingerprint density at radius 3 is 2.94 bits per heavy atom. The molecule has 18 heavy (non-hydrogen) atoms. The van der Waals surface area contributed by atoms with Crippen LogP contribution in [0.5, 0.6) is 0 Å². The van der Waals surface area contributed by atoms with Crippen LogP contribution in [-0.2, 0) is 4.74 Å². The van der Waals surface area contributed by atoms with Crippen LogP contribution >= 0.6 is 0 Å². The third-order valence-electron chi connectivity index (χ3n) is 2.77. The first-order chi connectivity index (χ1) is 8.65. The first kappa shape index (κ1) is 14.2. The van der Waals surface area contributed by atoms with Crippen LogP contribution in [-0.4, -0.2) is 42.3 Å². The van der Waals surface area contributed by atoms with E-state index in [0.29, 0.717) is 12.2 Å². The zero-order valence-electron chi connectivity index (χ0n) is 11.0. The average Bonchev–Trinajstić information content (AvgIpc) is 2.39. The van der Waals surface area contributed by atoms with Crippen molar-refractivity contribution in [3.05, 3.63) is 24.0 Å². The number of ether oxygens (including phenoxy) is 1. The number of nitrogens with two attached hydrogens (primary N) is 1. The number of anilines is 1. The van der Waals surface area contributed by atoms with E-state index in [0.717, 1.165) is 12.2 Å². The minimum absolute atomic E-state index is 0.0791. The fraction of sp³-hybridized carbons (Fsp3) is 0.500. The fourth-order valence-corrected chi connectivity index (χ4v) is 1.94. The maximum atomic E-state index is 8.81. The molecule has 0 aliphatic carbocycles. The van der Waals surface area contributed by atoms with Crippen LogP contribution in [0.3, 0.4) is 0 Å². The van der Waals surface area contributed by atoms with Gasteiger partial charge in [-0.1, -0.05) is 5.16 Å². The Morgan fingerprint density at radius 2 is 2.39 bits per heavy atom. The number of amidine groups is 1. The molecule has 0 bridgehead atoms. The summed E-state index contributed by atoms with van der Waals surface area (Å²) in [5.74, 6) is 0.0791. The molecule has 0 fully saturated rings. The maximum absolute atomic E-state index is 8.81. The molecule has 0 saturated heterocycles. The molecular weight excluding hydrogens is 232 g/mol. The van der Waals surface area contributed by atoms with Crippen molar-refractivity contribution in [3.8, 4) is 0 Å². The molecule has 0 aliphatic heterocycles. The molecule has 0 spiro atoms. The van der Waals surface area contributed by atoms with E-state index in [1.165, 1.54) is 0 Å². The van der Waals surface area contributed by atoms with Crippen LogP contribution in [0.2, 0.25) is 0 Å². The molecule has 1 aromatic rings. The normalized spacial score (nSPS) is 13.4. The third kappa shape index (κ3) is 3.10. The monoisotopic (exact) mass is 252 g/mol. The molecule has 1 aromatic heterocycles. The minimum atomic E-state index is 0.0791. The largest absolute Gasteiger partial charge is 0.409 e. The van der Waals surface area contributed by atoms with Crippen LogP contribution in [0.25, 0.3) is 0 Å². The van der Waals surface area contributed by atoms with Gasteiger partial charge in [-0.25, -0.2) is 0 Å². The van der Waals surface area contributed by atoms with Crippen molar-refractivity contribution in [2.75, 3.05) is 25.2 Å². The summed E-state index contributed by atoms with van der Waals surface area (Å²) in [6, 6.07) is 1.90. The number of likely N-dealkylation sites (N-methyl/N-ethyl adjacent to an activating group) is 1. The predicted molar refractivity (Wildman–Crippen MR) is 71.1 cm³/mol. The molecule has 6 nitrogen and oxygen atoms in total. The molecular formula is C12H20N4O2. The van der Waals surface area contributed by atoms with Gasteiger partial charge in [-0.05, 0) is 19.9 Å². The molecule has 6 heteroatoms. The van der Waals surface area contributed by atoms with Gasteiger partial charge in [-0.3, -0.25) is 4.98 Å². The zero-order chi connectivity index (χ0) is 13.5. The number of hydrogen-bond donors (Lipinski definition) is 2. The zero-order valence-corrected chi connectivity index (χ0v) is 11.0. The van der Waals surface area contributed by atoms with Crippen molar-refractivity contribution in [1.82, 2.24) is 4.98 Å². The van der Waals surface area contributed by atoms with Crippen molar-refractivity contribution < 1.29 is 9.94 Å². The van der Waals surface area contributed by atoms with E-state index in [4.69, 9.17) is 15.7 Å². The predicted octanol–water partition coefficient (Wildman–Crippen LogP) is 1.04. The number of aromatic nitrogens is 1. The lowest BCUT2D eigenvalue weighted by atomic mass is 10.1. The number of oxime groups is 1. The summed E-state index contributed by atoms with van der Waals surface area (Å²) < 4.78 is 5.16. The molecule has 100 valence electrons. The molecule has 0 radical (unpaired) electrons. The van der Waals surface area contributed by atoms with Crippen LogP contribution in [0, 0.1) is 0 Å². The van der Waals surface area contributed by atoms with Crippen molar-refractivity contribution in [1.29, 1.82) is 0 Å². The van der Waals surface area contributed by atoms with E-state index in [9.17, 15) is 0 Å². The lowest BCUT2D eigenvalue weighted by molar-refractivity contribution is 0.182. The van der Waals surface area contributed by atoms with Crippen LogP contribution in [0.4, 0.5) is 5.69 Å². The third-order valence-corrected chi connectivity index (χ3v) is 2.77. The summed E-state index contributed by atoms with van der Waals surface area (Å²) in [5, 5.41) is 11.9. The SMILES string of the molecule is CCN(c1cnccc1/C(N)=N/O)C(C)COC. The van der Waals surface area contributed by atoms with Gasteiger partial charge in [0.15, 0.2) is 5.84 Å². The van der Waals surface area contributed by atoms with E-state index in [-0.39, 0.29) is 11.9 Å². The quantitative estimate of drug-likeness (QED) is 0.342. The lowest BCUT2D eigenvalue weighted by Crippen LogP contribution is -2.37. The molecule has 1 heterocycles. The first-order valence-corrected chi connectivity index (χ1v) is 5.83. The summed E-state index contributed by atoms with van der Waals surface area (Å²) in [7, 11) is 1.66. The first-order valence-electron chi connectivity index (χ1n) is 5.83. The van der Waals surface area contributed by atoms with Gasteiger partial charge in [-0.2, -0.15) is 0 Å². The highest BCUT2D eigenvalue weighted by Gasteiger charge is 2.17. The van der Waals surface area contributed by atoms with Gasteiger partial charge in [0.25, 0.3) is 0 Å². The van der Waals surface area contributed by atoms with Gasteiger partial charge in [-0.15, -0.1) is 0 Å². The van der Waals surface area contributed by atoms with Gasteiger partial charge in [0.2, 0.25) is 0 Å². The molecule has 1 atom stereocenters. The molecule has 0 saturated carbocycles. The summed E-state index contributed by atoms with van der Waals surface area (Å²) >= 11 is 0. The Morgan fingerprint density at radius 1 is 1.67 bits per heavy atom. The Balaban J connectivity index is 3.13. The summed E-state index contributed by atoms with van der Waals surface area (Å²) in [6.45, 7) is 5.46. The molecule has 0 aliphatic rings. The summed E-state index contributed by atoms with van der Waals surface area (Å²) in [5.41, 5.74) is 7.17. The Hall–Kier alpha value is -1.82. The minimum Gasteiger partial charge on any atom is -0.409 e. The van der Waals surface area contributed by atoms with Crippen molar-refractivity contribution in [3.63, 3.8) is 0 Å². The second-order valence-corrected chi connectivity index (χ2v) is 3.97. The molecule has 1 unspecified atom stereocenters. The van der Waals surface area contributed by atoms with Gasteiger partial charge < -0.3 is 20.6 Å². The summed E-state index contributed by atoms with van der Waals surface area (Å²) in [6.07, 6.45) is 3.33. The van der Waals surface area contributed by atoms with Crippen LogP contribution in [0.1, 0.15) is 19.4 Å². The number of pyridine rings is 1. The Bertz CT molecular complexity index is 409. The topological polar surface area (TPSA) is 84.0 Å². The molecule has 0 amide bonds.